The standard InChI is InChI=1S/C20H31N3O3/c1-4-9-21-19(24)15-22-10-12-23(13-11-22)20(25)8-14-26-18-7-5-6-16(2)17(18)3/h5-7H,4,8-15H2,1-3H3,(H,21,24). The minimum absolute atomic E-state index is 0.0635. The van der Waals surface area contributed by atoms with Gasteiger partial charge in [-0.3, -0.25) is 14.5 Å². The van der Waals surface area contributed by atoms with Gasteiger partial charge in [-0.05, 0) is 37.5 Å². The zero-order valence-corrected chi connectivity index (χ0v) is 16.2. The maximum Gasteiger partial charge on any atom is 0.234 e. The summed E-state index contributed by atoms with van der Waals surface area (Å²) >= 11 is 0. The maximum atomic E-state index is 12.4. The van der Waals surface area contributed by atoms with Crippen LogP contribution in [0.5, 0.6) is 5.75 Å². The molecule has 6 heteroatoms. The number of nitrogens with zero attached hydrogens (tertiary/aromatic N) is 2. The smallest absolute Gasteiger partial charge is 0.234 e. The van der Waals surface area contributed by atoms with Crippen molar-refractivity contribution in [2.75, 3.05) is 45.9 Å². The molecule has 0 radical (unpaired) electrons. The molecule has 1 aliphatic heterocycles. The summed E-state index contributed by atoms with van der Waals surface area (Å²) in [5.41, 5.74) is 2.31. The Balaban J connectivity index is 1.68. The molecule has 1 N–H and O–H groups in total. The fourth-order valence-corrected chi connectivity index (χ4v) is 2.97. The van der Waals surface area contributed by atoms with Crippen molar-refractivity contribution in [2.24, 2.45) is 0 Å². The van der Waals surface area contributed by atoms with Gasteiger partial charge in [0, 0.05) is 32.7 Å². The molecule has 0 aromatic heterocycles. The monoisotopic (exact) mass is 361 g/mol. The molecule has 144 valence electrons. The van der Waals surface area contributed by atoms with E-state index in [1.807, 2.05) is 30.9 Å². The number of aryl methyl sites for hydroxylation is 1. The van der Waals surface area contributed by atoms with Crippen LogP contribution in [0, 0.1) is 13.8 Å². The van der Waals surface area contributed by atoms with Crippen LogP contribution in [-0.2, 0) is 9.59 Å². The summed E-state index contributed by atoms with van der Waals surface area (Å²) in [6.07, 6.45) is 1.32. The Hall–Kier alpha value is -2.08. The van der Waals surface area contributed by atoms with E-state index in [2.05, 4.69) is 23.2 Å². The highest BCUT2D eigenvalue weighted by Crippen LogP contribution is 2.20. The van der Waals surface area contributed by atoms with Gasteiger partial charge in [0.15, 0.2) is 0 Å². The number of ether oxygens (including phenoxy) is 1. The third kappa shape index (κ3) is 6.02. The van der Waals surface area contributed by atoms with Crippen molar-refractivity contribution in [3.63, 3.8) is 0 Å². The van der Waals surface area contributed by atoms with Crippen LogP contribution in [0.4, 0.5) is 0 Å². The molecular weight excluding hydrogens is 330 g/mol. The van der Waals surface area contributed by atoms with Crippen LogP contribution in [0.1, 0.15) is 30.9 Å². The van der Waals surface area contributed by atoms with E-state index < -0.39 is 0 Å². The van der Waals surface area contributed by atoms with E-state index in [9.17, 15) is 9.59 Å². The third-order valence-corrected chi connectivity index (χ3v) is 4.79. The Morgan fingerprint density at radius 1 is 1.15 bits per heavy atom. The fourth-order valence-electron chi connectivity index (χ4n) is 2.97. The molecular formula is C20H31N3O3. The Bertz CT molecular complexity index is 610. The molecule has 0 atom stereocenters. The molecule has 2 amide bonds. The van der Waals surface area contributed by atoms with E-state index in [-0.39, 0.29) is 11.8 Å². The molecule has 1 aliphatic rings. The predicted octanol–water partition coefficient (Wildman–Crippen LogP) is 1.74. The topological polar surface area (TPSA) is 61.9 Å². The van der Waals surface area contributed by atoms with Crippen LogP contribution in [0.15, 0.2) is 18.2 Å². The molecule has 0 aliphatic carbocycles. The molecule has 1 aromatic rings. The van der Waals surface area contributed by atoms with Gasteiger partial charge in [-0.15, -0.1) is 0 Å². The number of benzene rings is 1. The highest BCUT2D eigenvalue weighted by atomic mass is 16.5. The van der Waals surface area contributed by atoms with E-state index in [0.717, 1.165) is 37.4 Å². The van der Waals surface area contributed by atoms with Crippen LogP contribution in [0.25, 0.3) is 0 Å². The first kappa shape index (κ1) is 20.2. The van der Waals surface area contributed by atoms with Crippen LogP contribution in [0.3, 0.4) is 0 Å². The summed E-state index contributed by atoms with van der Waals surface area (Å²) in [5.74, 6) is 1.03. The predicted molar refractivity (Wildman–Crippen MR) is 102 cm³/mol. The lowest BCUT2D eigenvalue weighted by atomic mass is 10.1. The van der Waals surface area contributed by atoms with E-state index in [1.165, 1.54) is 5.56 Å². The molecule has 26 heavy (non-hydrogen) atoms. The second kappa shape index (κ2) is 10.2. The molecule has 0 saturated carbocycles. The van der Waals surface area contributed by atoms with Crippen molar-refractivity contribution in [3.05, 3.63) is 29.3 Å². The summed E-state index contributed by atoms with van der Waals surface area (Å²) in [4.78, 5) is 28.1. The van der Waals surface area contributed by atoms with Gasteiger partial charge in [-0.1, -0.05) is 19.1 Å². The van der Waals surface area contributed by atoms with Crippen molar-refractivity contribution >= 4 is 11.8 Å². The SMILES string of the molecule is CCCNC(=O)CN1CCN(C(=O)CCOc2cccc(C)c2C)CC1. The Morgan fingerprint density at radius 2 is 1.88 bits per heavy atom. The number of piperazine rings is 1. The Morgan fingerprint density at radius 3 is 2.58 bits per heavy atom. The first-order valence-electron chi connectivity index (χ1n) is 9.47. The molecule has 6 nitrogen and oxygen atoms in total. The summed E-state index contributed by atoms with van der Waals surface area (Å²) in [7, 11) is 0. The van der Waals surface area contributed by atoms with Crippen molar-refractivity contribution in [3.8, 4) is 5.75 Å². The zero-order chi connectivity index (χ0) is 18.9. The van der Waals surface area contributed by atoms with Crippen molar-refractivity contribution < 1.29 is 14.3 Å². The van der Waals surface area contributed by atoms with Crippen molar-refractivity contribution in [1.29, 1.82) is 0 Å². The Kier molecular flexibility index (Phi) is 7.91. The summed E-state index contributed by atoms with van der Waals surface area (Å²) in [5, 5.41) is 2.89. The second-order valence-electron chi connectivity index (χ2n) is 6.80. The van der Waals surface area contributed by atoms with Gasteiger partial charge in [-0.25, -0.2) is 0 Å². The van der Waals surface area contributed by atoms with Gasteiger partial charge >= 0.3 is 0 Å². The Labute approximate surface area is 156 Å². The number of rotatable bonds is 8. The largest absolute Gasteiger partial charge is 0.493 e. The minimum atomic E-state index is 0.0635. The summed E-state index contributed by atoms with van der Waals surface area (Å²) < 4.78 is 5.78. The average Bonchev–Trinajstić information content (AvgIpc) is 2.64. The van der Waals surface area contributed by atoms with E-state index >= 15 is 0 Å². The lowest BCUT2D eigenvalue weighted by Crippen LogP contribution is -2.51. The molecule has 1 fully saturated rings. The second-order valence-corrected chi connectivity index (χ2v) is 6.80. The summed E-state index contributed by atoms with van der Waals surface area (Å²) in [6, 6.07) is 5.96. The molecule has 1 aromatic carbocycles. The lowest BCUT2D eigenvalue weighted by molar-refractivity contribution is -0.133. The highest BCUT2D eigenvalue weighted by molar-refractivity contribution is 5.78. The molecule has 1 heterocycles. The number of hydrogen-bond donors (Lipinski definition) is 1. The van der Waals surface area contributed by atoms with Crippen LogP contribution >= 0.6 is 0 Å². The molecule has 0 unspecified atom stereocenters. The van der Waals surface area contributed by atoms with E-state index in [1.54, 1.807) is 0 Å². The average molecular weight is 361 g/mol. The van der Waals surface area contributed by atoms with E-state index in [0.29, 0.717) is 32.7 Å². The molecule has 0 bridgehead atoms. The van der Waals surface area contributed by atoms with Gasteiger partial charge in [-0.2, -0.15) is 0 Å². The fraction of sp³-hybridized carbons (Fsp3) is 0.600. The molecule has 2 rings (SSSR count). The molecule has 0 spiro atoms. The number of hydrogen-bond acceptors (Lipinski definition) is 4. The number of amides is 2. The first-order valence-corrected chi connectivity index (χ1v) is 9.47. The van der Waals surface area contributed by atoms with Gasteiger partial charge in [0.2, 0.25) is 11.8 Å². The van der Waals surface area contributed by atoms with Gasteiger partial charge in [0.05, 0.1) is 19.6 Å². The lowest BCUT2D eigenvalue weighted by Gasteiger charge is -2.34. The van der Waals surface area contributed by atoms with Gasteiger partial charge < -0.3 is 15.0 Å². The zero-order valence-electron chi connectivity index (χ0n) is 16.2. The number of carbonyl (C=O) groups excluding carboxylic acids is 2. The van der Waals surface area contributed by atoms with Gasteiger partial charge in [0.1, 0.15) is 5.75 Å². The van der Waals surface area contributed by atoms with Gasteiger partial charge in [0.25, 0.3) is 0 Å². The molecule has 1 saturated heterocycles. The van der Waals surface area contributed by atoms with Crippen LogP contribution in [-0.4, -0.2) is 67.5 Å². The van der Waals surface area contributed by atoms with Crippen molar-refractivity contribution in [1.82, 2.24) is 15.1 Å². The first-order chi connectivity index (χ1) is 12.5. The minimum Gasteiger partial charge on any atom is -0.493 e. The van der Waals surface area contributed by atoms with Crippen molar-refractivity contribution in [2.45, 2.75) is 33.6 Å². The maximum absolute atomic E-state index is 12.4. The highest BCUT2D eigenvalue weighted by Gasteiger charge is 2.22. The number of carbonyl (C=O) groups is 2. The van der Waals surface area contributed by atoms with Crippen LogP contribution < -0.4 is 10.1 Å². The normalized spacial score (nSPS) is 15.0. The summed E-state index contributed by atoms with van der Waals surface area (Å²) in [6.45, 7) is 10.5. The number of nitrogens with one attached hydrogen (secondary N) is 1. The van der Waals surface area contributed by atoms with E-state index in [4.69, 9.17) is 4.74 Å². The quantitative estimate of drug-likeness (QED) is 0.766. The third-order valence-electron chi connectivity index (χ3n) is 4.79. The van der Waals surface area contributed by atoms with Crippen LogP contribution in [0.2, 0.25) is 0 Å².